The van der Waals surface area contributed by atoms with Crippen molar-refractivity contribution in [3.8, 4) is 0 Å². The number of rotatable bonds is 14. The molecule has 8 atom stereocenters. The van der Waals surface area contributed by atoms with E-state index >= 15 is 0 Å². The third-order valence-electron chi connectivity index (χ3n) is 14.2. The lowest BCUT2D eigenvalue weighted by Gasteiger charge is -2.48. The van der Waals surface area contributed by atoms with Crippen LogP contribution in [0.4, 0.5) is 0 Å². The molecular formula is C55H70O6Si2. The van der Waals surface area contributed by atoms with E-state index in [0.29, 0.717) is 25.7 Å². The van der Waals surface area contributed by atoms with Gasteiger partial charge in [0.05, 0.1) is 24.5 Å². The molecule has 4 aromatic carbocycles. The van der Waals surface area contributed by atoms with Crippen molar-refractivity contribution < 1.29 is 27.9 Å². The van der Waals surface area contributed by atoms with E-state index in [-0.39, 0.29) is 76.5 Å². The van der Waals surface area contributed by atoms with Gasteiger partial charge in [-0.1, -0.05) is 202 Å². The number of fused-ring (bicyclic) bond motifs is 1. The fourth-order valence-electron chi connectivity index (χ4n) is 10.8. The Bertz CT molecular complexity index is 2110. The van der Waals surface area contributed by atoms with E-state index < -0.39 is 16.6 Å². The Labute approximate surface area is 379 Å². The molecule has 7 rings (SSSR count). The SMILES string of the molecule is CC[C@H](C)C(=O)O[C@H]1C[C@H](O[Si](c2ccccc2)(c2ccccc2)C(C)(C)C)C=C2C=C[C@H](C)[C@H](CC[C@@H]3C[C@@H](O[Si](c4ccccc4)(c4ccccc4)C(C)(C)C)CC(=O)O3)[C@H]21. The topological polar surface area (TPSA) is 71.1 Å². The quantitative estimate of drug-likeness (QED) is 0.0928. The van der Waals surface area contributed by atoms with E-state index in [1.165, 1.54) is 26.3 Å². The van der Waals surface area contributed by atoms with E-state index in [9.17, 15) is 9.59 Å². The van der Waals surface area contributed by atoms with Gasteiger partial charge in [0.25, 0.3) is 16.6 Å². The first-order chi connectivity index (χ1) is 30.1. The zero-order valence-electron chi connectivity index (χ0n) is 39.1. The van der Waals surface area contributed by atoms with Gasteiger partial charge in [-0.25, -0.2) is 0 Å². The zero-order valence-corrected chi connectivity index (χ0v) is 41.1. The minimum absolute atomic E-state index is 0.0135. The summed E-state index contributed by atoms with van der Waals surface area (Å²) < 4.78 is 28.0. The van der Waals surface area contributed by atoms with Gasteiger partial charge in [0.1, 0.15) is 12.2 Å². The Balaban J connectivity index is 1.18. The van der Waals surface area contributed by atoms with Crippen LogP contribution in [0.2, 0.25) is 10.1 Å². The third kappa shape index (κ3) is 9.70. The highest BCUT2D eigenvalue weighted by molar-refractivity contribution is 7.00. The minimum atomic E-state index is -2.91. The van der Waals surface area contributed by atoms with Gasteiger partial charge in [-0.15, -0.1) is 0 Å². The molecule has 2 aliphatic carbocycles. The maximum atomic E-state index is 13.8. The number of carbonyl (C=O) groups excluding carboxylic acids is 2. The van der Waals surface area contributed by atoms with Crippen LogP contribution in [0.3, 0.4) is 0 Å². The molecule has 4 aromatic rings. The maximum absolute atomic E-state index is 13.8. The van der Waals surface area contributed by atoms with Crippen molar-refractivity contribution in [1.29, 1.82) is 0 Å². The van der Waals surface area contributed by atoms with E-state index in [0.717, 1.165) is 6.42 Å². The zero-order chi connectivity index (χ0) is 45.0. The molecule has 1 aliphatic heterocycles. The summed E-state index contributed by atoms with van der Waals surface area (Å²) in [6, 6.07) is 42.8. The summed E-state index contributed by atoms with van der Waals surface area (Å²) >= 11 is 0. The van der Waals surface area contributed by atoms with Crippen LogP contribution in [0.25, 0.3) is 0 Å². The minimum Gasteiger partial charge on any atom is -0.462 e. The van der Waals surface area contributed by atoms with Crippen molar-refractivity contribution in [2.75, 3.05) is 0 Å². The van der Waals surface area contributed by atoms with Crippen LogP contribution in [-0.4, -0.2) is 53.0 Å². The number of allylic oxidation sites excluding steroid dienone is 2. The molecule has 0 aromatic heterocycles. The average molecular weight is 883 g/mol. The van der Waals surface area contributed by atoms with Gasteiger partial charge in [-0.2, -0.15) is 0 Å². The summed E-state index contributed by atoms with van der Waals surface area (Å²) in [6.07, 6.45) is 9.39. The van der Waals surface area contributed by atoms with E-state index in [2.05, 4.69) is 188 Å². The molecule has 1 fully saturated rings. The smallest absolute Gasteiger partial charge is 0.308 e. The highest BCUT2D eigenvalue weighted by atomic mass is 28.4. The lowest BCUT2D eigenvalue weighted by atomic mass is 9.66. The first-order valence-electron chi connectivity index (χ1n) is 23.4. The van der Waals surface area contributed by atoms with Crippen LogP contribution in [0.15, 0.2) is 145 Å². The largest absolute Gasteiger partial charge is 0.462 e. The van der Waals surface area contributed by atoms with E-state index in [4.69, 9.17) is 18.3 Å². The van der Waals surface area contributed by atoms with Crippen LogP contribution >= 0.6 is 0 Å². The number of esters is 2. The lowest BCUT2D eigenvalue weighted by molar-refractivity contribution is -0.162. The van der Waals surface area contributed by atoms with Gasteiger partial charge in [0, 0.05) is 18.8 Å². The summed E-state index contributed by atoms with van der Waals surface area (Å²) in [4.78, 5) is 27.4. The van der Waals surface area contributed by atoms with Crippen molar-refractivity contribution in [3.05, 3.63) is 145 Å². The van der Waals surface area contributed by atoms with E-state index in [1.54, 1.807) is 0 Å². The van der Waals surface area contributed by atoms with Crippen LogP contribution < -0.4 is 20.7 Å². The number of cyclic esters (lactones) is 1. The summed E-state index contributed by atoms with van der Waals surface area (Å²) in [6.45, 7) is 20.0. The second-order valence-corrected chi connectivity index (χ2v) is 29.0. The predicted octanol–water partition coefficient (Wildman–Crippen LogP) is 10.1. The highest BCUT2D eigenvalue weighted by Crippen LogP contribution is 2.47. The molecule has 0 unspecified atom stereocenters. The third-order valence-corrected chi connectivity index (χ3v) is 24.3. The number of ether oxygens (including phenoxy) is 2. The summed E-state index contributed by atoms with van der Waals surface area (Å²) in [5, 5.41) is 4.44. The van der Waals surface area contributed by atoms with Crippen LogP contribution in [-0.2, 0) is 27.9 Å². The molecular weight excluding hydrogens is 813 g/mol. The number of benzene rings is 4. The maximum Gasteiger partial charge on any atom is 0.308 e. The molecule has 63 heavy (non-hydrogen) atoms. The second-order valence-electron chi connectivity index (χ2n) is 20.4. The fraction of sp³-hybridized carbons (Fsp3) is 0.455. The molecule has 0 bridgehead atoms. The van der Waals surface area contributed by atoms with Crippen molar-refractivity contribution in [2.24, 2.45) is 23.7 Å². The first kappa shape index (κ1) is 46.6. The Morgan fingerprint density at radius 1 is 0.714 bits per heavy atom. The Morgan fingerprint density at radius 3 is 1.65 bits per heavy atom. The standard InChI is InChI=1S/C55H70O6Si2/c1-10-39(2)53(57)59-50-37-43(60-62(54(4,5)6,45-23-15-11-16-24-45)46-25-17-12-18-26-46)35-41-32-31-40(3)49(52(41)50)34-33-42-36-44(38-51(56)58-42)61-63(55(7,8)9,47-27-19-13-20-28-47)48-29-21-14-22-30-48/h11-32,35,39-40,42-44,49-50,52H,10,33-34,36-38H2,1-9H3/t39-,40-,42+,43+,44+,49-,50-,52-/m0/s1. The molecule has 6 nitrogen and oxygen atoms in total. The number of carbonyl (C=O) groups is 2. The molecule has 334 valence electrons. The normalized spacial score (nSPS) is 24.7. The molecule has 0 spiro atoms. The Kier molecular flexibility index (Phi) is 14.4. The molecule has 8 heteroatoms. The fourth-order valence-corrected chi connectivity index (χ4v) is 20.2. The predicted molar refractivity (Wildman–Crippen MR) is 261 cm³/mol. The van der Waals surface area contributed by atoms with Gasteiger partial charge in [-0.3, -0.25) is 9.59 Å². The van der Waals surface area contributed by atoms with E-state index in [1.807, 2.05) is 13.8 Å². The summed E-state index contributed by atoms with van der Waals surface area (Å²) in [5.74, 6) is -0.179. The lowest BCUT2D eigenvalue weighted by Crippen LogP contribution is -2.68. The van der Waals surface area contributed by atoms with Crippen molar-refractivity contribution in [1.82, 2.24) is 0 Å². The molecule has 0 N–H and O–H groups in total. The van der Waals surface area contributed by atoms with Gasteiger partial charge in [0.15, 0.2) is 0 Å². The van der Waals surface area contributed by atoms with Crippen LogP contribution in [0.1, 0.15) is 101 Å². The molecule has 1 heterocycles. The van der Waals surface area contributed by atoms with Crippen molar-refractivity contribution in [2.45, 2.75) is 135 Å². The van der Waals surface area contributed by atoms with Crippen LogP contribution in [0.5, 0.6) is 0 Å². The Morgan fingerprint density at radius 2 is 1.19 bits per heavy atom. The first-order valence-corrected chi connectivity index (χ1v) is 27.3. The monoisotopic (exact) mass is 882 g/mol. The van der Waals surface area contributed by atoms with Crippen molar-refractivity contribution >= 4 is 49.3 Å². The molecule has 3 aliphatic rings. The molecule has 0 saturated carbocycles. The average Bonchev–Trinajstić information content (AvgIpc) is 3.27. The number of hydrogen-bond donors (Lipinski definition) is 0. The summed E-state index contributed by atoms with van der Waals surface area (Å²) in [5.41, 5.74) is 1.17. The molecule has 0 radical (unpaired) electrons. The Hall–Kier alpha value is -4.35. The second kappa shape index (κ2) is 19.4. The highest BCUT2D eigenvalue weighted by Gasteiger charge is 2.54. The summed E-state index contributed by atoms with van der Waals surface area (Å²) in [7, 11) is -5.80. The van der Waals surface area contributed by atoms with Gasteiger partial charge >= 0.3 is 11.9 Å². The molecule has 1 saturated heterocycles. The van der Waals surface area contributed by atoms with Gasteiger partial charge in [-0.05, 0) is 67.5 Å². The molecule has 0 amide bonds. The van der Waals surface area contributed by atoms with Crippen molar-refractivity contribution in [3.63, 3.8) is 0 Å². The van der Waals surface area contributed by atoms with Crippen LogP contribution in [0, 0.1) is 23.7 Å². The van der Waals surface area contributed by atoms with Gasteiger partial charge < -0.3 is 18.3 Å². The van der Waals surface area contributed by atoms with Gasteiger partial charge in [0.2, 0.25) is 0 Å². The number of hydrogen-bond acceptors (Lipinski definition) is 6.